The van der Waals surface area contributed by atoms with Crippen molar-refractivity contribution in [3.63, 3.8) is 0 Å². The molecule has 0 aromatic carbocycles. The predicted molar refractivity (Wildman–Crippen MR) is 162 cm³/mol. The monoisotopic (exact) mass is 723 g/mol. The van der Waals surface area contributed by atoms with Gasteiger partial charge in [-0.3, -0.25) is 22.7 Å². The predicted octanol–water partition coefficient (Wildman–Crippen LogP) is 0.248. The summed E-state index contributed by atoms with van der Waals surface area (Å²) in [4.78, 5) is 35.7. The molecule has 0 radical (unpaired) electrons. The van der Waals surface area contributed by atoms with Gasteiger partial charge < -0.3 is 41.2 Å². The largest absolute Gasteiger partial charge is 0.387 e. The average Bonchev–Trinajstić information content (AvgIpc) is 3.72. The summed E-state index contributed by atoms with van der Waals surface area (Å²) in [7, 11) is 0. The van der Waals surface area contributed by atoms with E-state index < -0.39 is 75.1 Å². The number of ether oxygens (including phenoxy) is 2. The summed E-state index contributed by atoms with van der Waals surface area (Å²) in [5, 5.41) is 10.1. The number of hydrogen-bond donors (Lipinski definition) is 6. The number of nitrogens with two attached hydrogens (primary N) is 3. The SMILES string of the molecule is Nc1nc(N)c2ncn([C@@H]3O[C@@H]4COP(O)(=S)O[C@@H]5[C@H](O)[C@@H](COP(=O)(S)O[C@H]4[C@H]3Cl)O[C@H]5n3cnc4c(N)ncnc43)c2n1. The van der Waals surface area contributed by atoms with Gasteiger partial charge in [-0.25, -0.2) is 24.5 Å². The molecule has 4 aromatic rings. The van der Waals surface area contributed by atoms with Crippen LogP contribution < -0.4 is 17.2 Å². The Bertz CT molecular complexity index is 1890. The molecule has 3 aliphatic heterocycles. The summed E-state index contributed by atoms with van der Waals surface area (Å²) in [6.07, 6.45) is -4.61. The normalized spacial score (nSPS) is 37.7. The molecule has 2 unspecified atom stereocenters. The minimum absolute atomic E-state index is 0.0332. The number of fused-ring (bicyclic) bond motifs is 5. The Morgan fingerprint density at radius 2 is 1.58 bits per heavy atom. The molecule has 45 heavy (non-hydrogen) atoms. The van der Waals surface area contributed by atoms with Crippen LogP contribution in [-0.4, -0.2) is 98.1 Å². The fraction of sp³-hybridized carbons (Fsp3) is 0.500. The van der Waals surface area contributed by atoms with Crippen LogP contribution in [0.4, 0.5) is 17.6 Å². The van der Waals surface area contributed by atoms with E-state index >= 15 is 0 Å². The second kappa shape index (κ2) is 11.4. The van der Waals surface area contributed by atoms with Gasteiger partial charge in [0, 0.05) is 0 Å². The van der Waals surface area contributed by atoms with Gasteiger partial charge in [0.05, 0.1) is 25.9 Å². The highest BCUT2D eigenvalue weighted by molar-refractivity contribution is 8.44. The third-order valence-electron chi connectivity index (χ3n) is 7.29. The van der Waals surface area contributed by atoms with Crippen LogP contribution in [0.15, 0.2) is 19.0 Å². The lowest BCUT2D eigenvalue weighted by atomic mass is 10.1. The standard InChI is InChI=1S/C20H24ClN11O9P2S2/c21-8-12-7(39-18(8)32-5-28-10-15(23)29-20(24)30-17(10)32)2-37-43(35,45)41-13-11(33)6(1-36-42(34,44)40-12)38-19(13)31-4-27-9-14(22)25-3-26-16(9)31/h3-8,11-13,18-19,33H,1-2H2,(H,34,44)(H,35,45)(H2,22,25,26)(H4,23,24,29,30)/t6-,7-,8-,11-,12-,13-,18-,19-,42?,43?/m1/s1. The van der Waals surface area contributed by atoms with Crippen LogP contribution >= 0.6 is 37.4 Å². The summed E-state index contributed by atoms with van der Waals surface area (Å²) < 4.78 is 51.3. The number of imidazole rings is 2. The zero-order valence-electron chi connectivity index (χ0n) is 22.5. The number of nitrogen functional groups attached to an aromatic ring is 3. The Morgan fingerprint density at radius 3 is 2.33 bits per heavy atom. The smallest absolute Gasteiger partial charge is 0.386 e. The minimum atomic E-state index is -4.23. The first kappa shape index (κ1) is 31.3. The second-order valence-electron chi connectivity index (χ2n) is 10.1. The van der Waals surface area contributed by atoms with E-state index in [1.165, 1.54) is 28.1 Å². The van der Waals surface area contributed by atoms with E-state index in [1.807, 2.05) is 0 Å². The van der Waals surface area contributed by atoms with Crippen LogP contribution in [0.2, 0.25) is 0 Å². The molecular weight excluding hydrogens is 700 g/mol. The molecule has 3 aliphatic rings. The number of alkyl halides is 1. The van der Waals surface area contributed by atoms with Gasteiger partial charge in [0.25, 0.3) is 0 Å². The maximum Gasteiger partial charge on any atom is 0.386 e. The zero-order chi connectivity index (χ0) is 31.8. The van der Waals surface area contributed by atoms with E-state index in [9.17, 15) is 14.6 Å². The van der Waals surface area contributed by atoms with Gasteiger partial charge in [-0.1, -0.05) is 12.2 Å². The molecule has 7 heterocycles. The summed E-state index contributed by atoms with van der Waals surface area (Å²) in [6.45, 7) is -9.34. The van der Waals surface area contributed by atoms with Crippen molar-refractivity contribution in [1.29, 1.82) is 0 Å². The Balaban J connectivity index is 1.20. The third-order valence-corrected chi connectivity index (χ3v) is 10.9. The molecule has 8 N–H and O–H groups in total. The van der Waals surface area contributed by atoms with Crippen molar-refractivity contribution in [1.82, 2.24) is 39.0 Å². The number of rotatable bonds is 2. The molecular formula is C20H24ClN11O9P2S2. The van der Waals surface area contributed by atoms with Crippen molar-refractivity contribution >= 4 is 89.1 Å². The van der Waals surface area contributed by atoms with Crippen LogP contribution in [-0.2, 0) is 43.9 Å². The van der Waals surface area contributed by atoms with Gasteiger partial charge in [0.1, 0.15) is 53.3 Å². The van der Waals surface area contributed by atoms with Crippen LogP contribution in [0.1, 0.15) is 12.5 Å². The molecule has 0 spiro atoms. The van der Waals surface area contributed by atoms with Gasteiger partial charge in [-0.2, -0.15) is 9.97 Å². The van der Waals surface area contributed by atoms with Gasteiger partial charge in [0.2, 0.25) is 5.95 Å². The van der Waals surface area contributed by atoms with Crippen LogP contribution in [0.5, 0.6) is 0 Å². The van der Waals surface area contributed by atoms with E-state index in [1.54, 1.807) is 0 Å². The number of hydrogen-bond acceptors (Lipinski definition) is 18. The molecule has 0 aliphatic carbocycles. The highest BCUT2D eigenvalue weighted by Gasteiger charge is 2.53. The topological polar surface area (TPSA) is 278 Å². The van der Waals surface area contributed by atoms with E-state index in [-0.39, 0.29) is 39.9 Å². The molecule has 242 valence electrons. The molecule has 20 nitrogen and oxygen atoms in total. The number of halogens is 1. The Morgan fingerprint density at radius 1 is 0.911 bits per heavy atom. The Kier molecular flexibility index (Phi) is 7.96. The Hall–Kier alpha value is -2.30. The highest BCUT2D eigenvalue weighted by atomic mass is 35.5. The second-order valence-corrected chi connectivity index (χ2v) is 16.3. The number of thiol groups is 1. The van der Waals surface area contributed by atoms with E-state index in [2.05, 4.69) is 42.2 Å². The van der Waals surface area contributed by atoms with Gasteiger partial charge in [0.15, 0.2) is 35.4 Å². The van der Waals surface area contributed by atoms with Gasteiger partial charge >= 0.3 is 13.5 Å². The molecule has 4 aromatic heterocycles. The maximum absolute atomic E-state index is 13.5. The zero-order valence-corrected chi connectivity index (χ0v) is 26.7. The number of aliphatic hydroxyl groups excluding tert-OH is 1. The van der Waals surface area contributed by atoms with E-state index in [0.717, 1.165) is 0 Å². The first-order valence-corrected chi connectivity index (χ1v) is 18.7. The molecule has 3 saturated heterocycles. The first-order chi connectivity index (χ1) is 21.3. The molecule has 25 heteroatoms. The van der Waals surface area contributed by atoms with Crippen molar-refractivity contribution in [3.8, 4) is 0 Å². The molecule has 10 atom stereocenters. The first-order valence-electron chi connectivity index (χ1n) is 12.9. The lowest BCUT2D eigenvalue weighted by molar-refractivity contribution is -0.0584. The summed E-state index contributed by atoms with van der Waals surface area (Å²) in [5.41, 5.74) is 18.6. The highest BCUT2D eigenvalue weighted by Crippen LogP contribution is 2.58. The lowest BCUT2D eigenvalue weighted by Gasteiger charge is -2.27. The lowest BCUT2D eigenvalue weighted by Crippen LogP contribution is -2.35. The summed E-state index contributed by atoms with van der Waals surface area (Å²) in [6, 6.07) is 0. The molecule has 7 rings (SSSR count). The van der Waals surface area contributed by atoms with Crippen molar-refractivity contribution in [3.05, 3.63) is 19.0 Å². The molecule has 0 amide bonds. The molecule has 0 saturated carbocycles. The van der Waals surface area contributed by atoms with Crippen LogP contribution in [0.25, 0.3) is 22.3 Å². The number of nitrogens with zero attached hydrogens (tertiary/aromatic N) is 8. The average molecular weight is 724 g/mol. The fourth-order valence-electron chi connectivity index (χ4n) is 5.27. The van der Waals surface area contributed by atoms with Crippen molar-refractivity contribution in [2.75, 3.05) is 30.4 Å². The minimum Gasteiger partial charge on any atom is -0.387 e. The van der Waals surface area contributed by atoms with E-state index in [0.29, 0.717) is 0 Å². The van der Waals surface area contributed by atoms with Crippen molar-refractivity contribution < 1.29 is 42.1 Å². The van der Waals surface area contributed by atoms with Crippen molar-refractivity contribution in [2.45, 2.75) is 48.4 Å². The fourth-order valence-corrected chi connectivity index (χ4v) is 8.65. The molecule has 2 bridgehead atoms. The van der Waals surface area contributed by atoms with Crippen molar-refractivity contribution in [2.24, 2.45) is 0 Å². The number of anilines is 3. The third kappa shape index (κ3) is 5.67. The summed E-state index contributed by atoms with van der Waals surface area (Å²) >= 11 is 16.2. The Labute approximate surface area is 267 Å². The van der Waals surface area contributed by atoms with Gasteiger partial charge in [-0.15, -0.1) is 11.6 Å². The molecule has 3 fully saturated rings. The number of aromatic nitrogens is 8. The van der Waals surface area contributed by atoms with Gasteiger partial charge in [-0.05, 0) is 11.8 Å². The number of aliphatic hydroxyl groups is 1. The van der Waals surface area contributed by atoms with E-state index in [4.69, 9.17) is 68.2 Å². The quantitative estimate of drug-likeness (QED) is 0.0918. The van der Waals surface area contributed by atoms with Crippen LogP contribution in [0.3, 0.4) is 0 Å². The van der Waals surface area contributed by atoms with Crippen LogP contribution in [0, 0.1) is 0 Å². The maximum atomic E-state index is 13.5. The summed E-state index contributed by atoms with van der Waals surface area (Å²) in [5.74, 6) is 0.0211.